The highest BCUT2D eigenvalue weighted by Crippen LogP contribution is 2.55. The van der Waals surface area contributed by atoms with E-state index in [9.17, 15) is 0 Å². The molecule has 0 spiro atoms. The average Bonchev–Trinajstić information content (AvgIpc) is 0.854. The van der Waals surface area contributed by atoms with Gasteiger partial charge in [-0.15, -0.1) is 0 Å². The molecule has 14 aromatic carbocycles. The van der Waals surface area contributed by atoms with Gasteiger partial charge < -0.3 is 9.80 Å². The van der Waals surface area contributed by atoms with Crippen molar-refractivity contribution in [1.82, 2.24) is 0 Å². The van der Waals surface area contributed by atoms with Crippen LogP contribution in [0, 0.1) is 0 Å². The molecule has 14 aromatic rings. The molecule has 0 saturated heterocycles. The van der Waals surface area contributed by atoms with Crippen LogP contribution in [0.1, 0.15) is 26.3 Å². The van der Waals surface area contributed by atoms with E-state index in [1.54, 1.807) is 0 Å². The van der Waals surface area contributed by atoms with Crippen molar-refractivity contribution < 1.29 is 0 Å². The molecule has 0 aliphatic carbocycles. The van der Waals surface area contributed by atoms with Gasteiger partial charge in [0.25, 0.3) is 6.71 Å². The van der Waals surface area contributed by atoms with Crippen LogP contribution in [0.4, 0.5) is 34.1 Å². The van der Waals surface area contributed by atoms with Gasteiger partial charge in [-0.2, -0.15) is 0 Å². The molecule has 2 aliphatic rings. The molecule has 0 atom stereocenters. The first-order valence-corrected chi connectivity index (χ1v) is 30.4. The first-order valence-electron chi connectivity index (χ1n) is 30.4. The smallest absolute Gasteiger partial charge is 0.252 e. The van der Waals surface area contributed by atoms with Crippen LogP contribution < -0.4 is 26.2 Å². The molecule has 0 bridgehead atoms. The summed E-state index contributed by atoms with van der Waals surface area (Å²) in [6, 6.07) is 118. The van der Waals surface area contributed by atoms with E-state index in [0.29, 0.717) is 0 Å². The van der Waals surface area contributed by atoms with Crippen LogP contribution in [0.3, 0.4) is 0 Å². The predicted molar refractivity (Wildman–Crippen MR) is 372 cm³/mol. The highest BCUT2D eigenvalue weighted by Gasteiger charge is 2.46. The SMILES string of the molecule is CC(C)(C)c1cc2c3c(c1)N(c1c(-c4ccccc4)cccc1-c1ccccc1)c1cc(-c4c5ccccc5c(-c5ccccc5)c5ccccc45)ccc1B3c1ccc(-c3ccccc3)cc1N2c1c(-c2ccccc2)cccc1-c1ccccc1. The van der Waals surface area contributed by atoms with Crippen LogP contribution in [-0.4, -0.2) is 6.71 Å². The molecule has 2 heterocycles. The number of anilines is 6. The lowest BCUT2D eigenvalue weighted by Crippen LogP contribution is -2.61. The standard InChI is InChI=1S/C84H61BN2/c1-84(2,3)64-54-77-81-78(55-64)87(83-67(59-34-16-7-17-35-59)46-27-47-68(83)60-36-18-8-19-37-60)76-53-63(80-71-42-24-22-40-69(71)79(61-38-20-9-21-39-61)70-41-23-25-43-72(70)80)49-51-74(76)85(81)73-50-48-62(56-28-10-4-11-29-56)52-75(73)86(77)82-65(57-30-12-5-13-31-57)44-26-45-66(82)58-32-14-6-15-33-58/h4-55H,1-3H3. The van der Waals surface area contributed by atoms with Gasteiger partial charge in [0.2, 0.25) is 0 Å². The Labute approximate surface area is 510 Å². The summed E-state index contributed by atoms with van der Waals surface area (Å²) in [5.41, 5.74) is 28.2. The van der Waals surface area contributed by atoms with Gasteiger partial charge in [0, 0.05) is 45.0 Å². The van der Waals surface area contributed by atoms with Crippen LogP contribution in [0.25, 0.3) is 99.4 Å². The molecule has 0 N–H and O–H groups in total. The Hall–Kier alpha value is -10.7. The molecule has 410 valence electrons. The summed E-state index contributed by atoms with van der Waals surface area (Å²) in [4.78, 5) is 5.36. The van der Waals surface area contributed by atoms with E-state index in [-0.39, 0.29) is 12.1 Å². The summed E-state index contributed by atoms with van der Waals surface area (Å²) in [6.45, 7) is 6.97. The molecule has 0 amide bonds. The van der Waals surface area contributed by atoms with Crippen molar-refractivity contribution in [3.8, 4) is 77.9 Å². The predicted octanol–water partition coefficient (Wildman–Crippen LogP) is 21.0. The van der Waals surface area contributed by atoms with Crippen LogP contribution >= 0.6 is 0 Å². The lowest BCUT2D eigenvalue weighted by Gasteiger charge is -2.46. The summed E-state index contributed by atoms with van der Waals surface area (Å²) in [5, 5.41) is 4.92. The molecular weight excluding hydrogens is 1050 g/mol. The van der Waals surface area contributed by atoms with Crippen LogP contribution in [0.15, 0.2) is 315 Å². The van der Waals surface area contributed by atoms with E-state index in [2.05, 4.69) is 346 Å². The zero-order valence-electron chi connectivity index (χ0n) is 49.0. The van der Waals surface area contributed by atoms with Gasteiger partial charge >= 0.3 is 0 Å². The Morgan fingerprint density at radius 1 is 0.253 bits per heavy atom. The molecule has 2 aliphatic heterocycles. The molecule has 2 nitrogen and oxygen atoms in total. The third kappa shape index (κ3) is 8.72. The fraction of sp³-hybridized carbons (Fsp3) is 0.0476. The van der Waals surface area contributed by atoms with Crippen LogP contribution in [0.5, 0.6) is 0 Å². The van der Waals surface area contributed by atoms with Crippen molar-refractivity contribution in [2.24, 2.45) is 0 Å². The summed E-state index contributed by atoms with van der Waals surface area (Å²) >= 11 is 0. The zero-order chi connectivity index (χ0) is 58.2. The second-order valence-electron chi connectivity index (χ2n) is 24.3. The Morgan fingerprint density at radius 2 is 0.563 bits per heavy atom. The van der Waals surface area contributed by atoms with Gasteiger partial charge in [-0.25, -0.2) is 0 Å². The van der Waals surface area contributed by atoms with E-state index >= 15 is 0 Å². The first kappa shape index (κ1) is 51.9. The maximum atomic E-state index is 2.69. The molecule has 16 rings (SSSR count). The third-order valence-corrected chi connectivity index (χ3v) is 18.2. The number of para-hydroxylation sites is 2. The van der Waals surface area contributed by atoms with Crippen LogP contribution in [0.2, 0.25) is 0 Å². The van der Waals surface area contributed by atoms with Crippen molar-refractivity contribution in [3.05, 3.63) is 321 Å². The van der Waals surface area contributed by atoms with Crippen molar-refractivity contribution in [2.45, 2.75) is 26.2 Å². The number of nitrogens with zero attached hydrogens (tertiary/aromatic N) is 2. The van der Waals surface area contributed by atoms with E-state index < -0.39 is 0 Å². The van der Waals surface area contributed by atoms with Gasteiger partial charge in [0.1, 0.15) is 0 Å². The lowest BCUT2D eigenvalue weighted by atomic mass is 9.33. The number of fused-ring (bicyclic) bond motifs is 6. The molecular formula is C84H61BN2. The fourth-order valence-electron chi connectivity index (χ4n) is 14.2. The number of benzene rings is 14. The molecule has 0 fully saturated rings. The van der Waals surface area contributed by atoms with Crippen molar-refractivity contribution in [1.29, 1.82) is 0 Å². The summed E-state index contributed by atoms with van der Waals surface area (Å²) in [6.07, 6.45) is 0. The molecule has 0 aromatic heterocycles. The lowest BCUT2D eigenvalue weighted by molar-refractivity contribution is 0.590. The number of hydrogen-bond donors (Lipinski definition) is 0. The Morgan fingerprint density at radius 3 is 0.931 bits per heavy atom. The highest BCUT2D eigenvalue weighted by molar-refractivity contribution is 7.00. The molecule has 0 saturated carbocycles. The zero-order valence-corrected chi connectivity index (χ0v) is 49.0. The second kappa shape index (κ2) is 21.1. The maximum absolute atomic E-state index is 2.69. The summed E-state index contributed by atoms with van der Waals surface area (Å²) in [7, 11) is 0. The minimum Gasteiger partial charge on any atom is -0.310 e. The Bertz CT molecular complexity index is 4770. The normalized spacial score (nSPS) is 12.5. The Kier molecular flexibility index (Phi) is 12.6. The van der Waals surface area contributed by atoms with Gasteiger partial charge in [0.05, 0.1) is 11.4 Å². The maximum Gasteiger partial charge on any atom is 0.252 e. The first-order chi connectivity index (χ1) is 42.9. The number of hydrogen-bond acceptors (Lipinski definition) is 2. The van der Waals surface area contributed by atoms with Gasteiger partial charge in [-0.3, -0.25) is 0 Å². The van der Waals surface area contributed by atoms with E-state index in [0.717, 1.165) is 67.3 Å². The molecule has 0 radical (unpaired) electrons. The minimum atomic E-state index is -0.270. The van der Waals surface area contributed by atoms with E-state index in [1.807, 2.05) is 0 Å². The quantitative estimate of drug-likeness (QED) is 0.105. The summed E-state index contributed by atoms with van der Waals surface area (Å²) in [5.74, 6) is 0. The Balaban J connectivity index is 1.07. The second-order valence-corrected chi connectivity index (χ2v) is 24.3. The van der Waals surface area contributed by atoms with Crippen molar-refractivity contribution in [3.63, 3.8) is 0 Å². The molecule has 0 unspecified atom stereocenters. The van der Waals surface area contributed by atoms with E-state index in [4.69, 9.17) is 0 Å². The molecule has 87 heavy (non-hydrogen) atoms. The third-order valence-electron chi connectivity index (χ3n) is 18.2. The summed E-state index contributed by atoms with van der Waals surface area (Å²) < 4.78 is 0. The average molecular weight is 1110 g/mol. The largest absolute Gasteiger partial charge is 0.310 e. The fourth-order valence-corrected chi connectivity index (χ4v) is 14.2. The van der Waals surface area contributed by atoms with Gasteiger partial charge in [-0.05, 0) is 129 Å². The van der Waals surface area contributed by atoms with Crippen LogP contribution in [-0.2, 0) is 5.41 Å². The van der Waals surface area contributed by atoms with Gasteiger partial charge in [-0.1, -0.05) is 312 Å². The molecule has 3 heteroatoms. The highest BCUT2D eigenvalue weighted by atomic mass is 15.2. The van der Waals surface area contributed by atoms with Crippen molar-refractivity contribution in [2.75, 3.05) is 9.80 Å². The van der Waals surface area contributed by atoms with E-state index in [1.165, 1.54) is 88.3 Å². The van der Waals surface area contributed by atoms with Crippen molar-refractivity contribution >= 4 is 78.8 Å². The number of rotatable bonds is 9. The minimum absolute atomic E-state index is 0.164. The monoisotopic (exact) mass is 1110 g/mol. The van der Waals surface area contributed by atoms with Gasteiger partial charge in [0.15, 0.2) is 0 Å². The topological polar surface area (TPSA) is 6.48 Å².